The molecular formula is C24H34N4O4S. The number of anilines is 1. The Morgan fingerprint density at radius 1 is 1.18 bits per heavy atom. The van der Waals surface area contributed by atoms with Crippen molar-refractivity contribution in [2.75, 3.05) is 31.4 Å². The maximum Gasteiger partial charge on any atom is 0.338 e. The van der Waals surface area contributed by atoms with Gasteiger partial charge in [0.25, 0.3) is 0 Å². The molecule has 0 aliphatic carbocycles. The summed E-state index contributed by atoms with van der Waals surface area (Å²) in [6.07, 6.45) is 4.27. The van der Waals surface area contributed by atoms with Crippen LogP contribution in [-0.2, 0) is 9.53 Å². The maximum absolute atomic E-state index is 13.0. The van der Waals surface area contributed by atoms with Crippen LogP contribution in [0.1, 0.15) is 65.0 Å². The molecule has 0 saturated carbocycles. The number of rotatable bonds is 12. The number of esters is 1. The molecule has 0 amide bonds. The highest BCUT2D eigenvalue weighted by Crippen LogP contribution is 2.39. The van der Waals surface area contributed by atoms with E-state index in [0.29, 0.717) is 40.5 Å². The standard InChI is InChI=1S/C24H34N4O4S/c1-6-9-10-13-32-18-12-11-17(15-19(18)30-5)21-20(22(29)31-8-3)16(4)25-23-26-24(27-28(21)23)33-14-7-2/h11-12,15,21H,6-10,13-14H2,1-5H3,(H,25,26,27). The Labute approximate surface area is 200 Å². The summed E-state index contributed by atoms with van der Waals surface area (Å²) in [6, 6.07) is 5.25. The molecule has 180 valence electrons. The first kappa shape index (κ1) is 25.0. The van der Waals surface area contributed by atoms with E-state index >= 15 is 0 Å². The lowest BCUT2D eigenvalue weighted by Gasteiger charge is -2.28. The molecule has 0 spiro atoms. The van der Waals surface area contributed by atoms with Crippen LogP contribution in [0.2, 0.25) is 0 Å². The third-order valence-electron chi connectivity index (χ3n) is 5.27. The van der Waals surface area contributed by atoms with Gasteiger partial charge in [0.2, 0.25) is 11.1 Å². The van der Waals surface area contributed by atoms with E-state index in [9.17, 15) is 4.79 Å². The van der Waals surface area contributed by atoms with Crippen molar-refractivity contribution in [1.29, 1.82) is 0 Å². The molecule has 33 heavy (non-hydrogen) atoms. The van der Waals surface area contributed by atoms with Crippen molar-refractivity contribution in [3.05, 3.63) is 35.0 Å². The number of carbonyl (C=O) groups is 1. The van der Waals surface area contributed by atoms with E-state index in [2.05, 4.69) is 24.1 Å². The van der Waals surface area contributed by atoms with Gasteiger partial charge in [-0.15, -0.1) is 5.10 Å². The van der Waals surface area contributed by atoms with Gasteiger partial charge in [-0.3, -0.25) is 0 Å². The minimum atomic E-state index is -0.494. The average molecular weight is 475 g/mol. The SMILES string of the molecule is CCCCCOc1ccc(C2C(C(=O)OCC)=C(C)Nc3nc(SCCC)nn32)cc1OC. The fourth-order valence-electron chi connectivity index (χ4n) is 3.67. The van der Waals surface area contributed by atoms with Crippen LogP contribution >= 0.6 is 11.8 Å². The molecule has 1 N–H and O–H groups in total. The van der Waals surface area contributed by atoms with E-state index in [1.807, 2.05) is 25.1 Å². The molecule has 8 nitrogen and oxygen atoms in total. The lowest BCUT2D eigenvalue weighted by molar-refractivity contribution is -0.139. The fraction of sp³-hybridized carbons (Fsp3) is 0.542. The number of aromatic nitrogens is 3. The van der Waals surface area contributed by atoms with Crippen LogP contribution in [0, 0.1) is 0 Å². The quantitative estimate of drug-likeness (QED) is 0.255. The van der Waals surface area contributed by atoms with E-state index < -0.39 is 6.04 Å². The second-order valence-electron chi connectivity index (χ2n) is 7.76. The number of benzene rings is 1. The minimum absolute atomic E-state index is 0.290. The number of unbranched alkanes of at least 4 members (excludes halogenated alkanes) is 2. The number of ether oxygens (including phenoxy) is 3. The van der Waals surface area contributed by atoms with E-state index in [0.717, 1.165) is 37.0 Å². The summed E-state index contributed by atoms with van der Waals surface area (Å²) in [5.74, 6) is 2.44. The number of thioether (sulfide) groups is 1. The number of fused-ring (bicyclic) bond motifs is 1. The molecule has 1 aromatic carbocycles. The normalized spacial score (nSPS) is 15.1. The third-order valence-corrected chi connectivity index (χ3v) is 6.32. The summed E-state index contributed by atoms with van der Waals surface area (Å²) in [4.78, 5) is 17.6. The van der Waals surface area contributed by atoms with Gasteiger partial charge in [-0.1, -0.05) is 44.5 Å². The van der Waals surface area contributed by atoms with Crippen LogP contribution in [0.15, 0.2) is 34.6 Å². The summed E-state index contributed by atoms with van der Waals surface area (Å²) in [7, 11) is 1.62. The first-order valence-corrected chi connectivity index (χ1v) is 12.6. The van der Waals surface area contributed by atoms with Gasteiger partial charge in [0, 0.05) is 11.4 Å². The first-order valence-electron chi connectivity index (χ1n) is 11.6. The second-order valence-corrected chi connectivity index (χ2v) is 8.83. The lowest BCUT2D eigenvalue weighted by atomic mass is 9.95. The maximum atomic E-state index is 13.0. The lowest BCUT2D eigenvalue weighted by Crippen LogP contribution is -2.29. The third kappa shape index (κ3) is 5.82. The number of nitrogens with zero attached hydrogens (tertiary/aromatic N) is 3. The average Bonchev–Trinajstić information content (AvgIpc) is 3.22. The van der Waals surface area contributed by atoms with Crippen molar-refractivity contribution in [3.8, 4) is 11.5 Å². The summed E-state index contributed by atoms with van der Waals surface area (Å²) in [5, 5.41) is 8.61. The Morgan fingerprint density at radius 2 is 2.00 bits per heavy atom. The zero-order chi connectivity index (χ0) is 23.8. The summed E-state index contributed by atoms with van der Waals surface area (Å²) in [6.45, 7) is 8.86. The molecule has 9 heteroatoms. The van der Waals surface area contributed by atoms with Gasteiger partial charge in [-0.2, -0.15) is 4.98 Å². The number of methoxy groups -OCH3 is 1. The van der Waals surface area contributed by atoms with Gasteiger partial charge in [-0.25, -0.2) is 9.48 Å². The Bertz CT molecular complexity index is 989. The molecule has 0 bridgehead atoms. The minimum Gasteiger partial charge on any atom is -0.493 e. The largest absolute Gasteiger partial charge is 0.493 e. The molecule has 0 saturated heterocycles. The molecule has 1 aromatic heterocycles. The van der Waals surface area contributed by atoms with Crippen molar-refractivity contribution in [2.24, 2.45) is 0 Å². The molecule has 2 heterocycles. The predicted molar refractivity (Wildman–Crippen MR) is 130 cm³/mol. The van der Waals surface area contributed by atoms with E-state index in [1.54, 1.807) is 30.5 Å². The summed E-state index contributed by atoms with van der Waals surface area (Å²) in [5.41, 5.74) is 2.04. The number of allylic oxidation sites excluding steroid dienone is 1. The van der Waals surface area contributed by atoms with Gasteiger partial charge >= 0.3 is 5.97 Å². The van der Waals surface area contributed by atoms with Crippen molar-refractivity contribution in [1.82, 2.24) is 14.8 Å². The molecule has 1 aliphatic rings. The first-order chi connectivity index (χ1) is 16.0. The second kappa shape index (κ2) is 12.0. The van der Waals surface area contributed by atoms with Crippen LogP contribution in [-0.4, -0.2) is 46.8 Å². The number of nitrogens with one attached hydrogen (secondary N) is 1. The Kier molecular flexibility index (Phi) is 9.05. The highest BCUT2D eigenvalue weighted by Gasteiger charge is 2.35. The highest BCUT2D eigenvalue weighted by molar-refractivity contribution is 7.99. The summed E-state index contributed by atoms with van der Waals surface area (Å²) < 4.78 is 18.7. The topological polar surface area (TPSA) is 87.5 Å². The van der Waals surface area contributed by atoms with Crippen LogP contribution in [0.25, 0.3) is 0 Å². The Hall–Kier alpha value is -2.68. The van der Waals surface area contributed by atoms with Crippen LogP contribution < -0.4 is 14.8 Å². The van der Waals surface area contributed by atoms with Crippen molar-refractivity contribution in [3.63, 3.8) is 0 Å². The number of carbonyl (C=O) groups excluding carboxylic acids is 1. The monoisotopic (exact) mass is 474 g/mol. The number of hydrogen-bond acceptors (Lipinski definition) is 8. The fourth-order valence-corrected chi connectivity index (χ4v) is 4.36. The van der Waals surface area contributed by atoms with Gasteiger partial charge in [0.15, 0.2) is 11.5 Å². The van der Waals surface area contributed by atoms with Gasteiger partial charge in [0.1, 0.15) is 6.04 Å². The highest BCUT2D eigenvalue weighted by atomic mass is 32.2. The van der Waals surface area contributed by atoms with Crippen molar-refractivity contribution in [2.45, 2.75) is 64.6 Å². The van der Waals surface area contributed by atoms with Gasteiger partial charge in [0.05, 0.1) is 25.9 Å². The summed E-state index contributed by atoms with van der Waals surface area (Å²) >= 11 is 1.59. The van der Waals surface area contributed by atoms with Gasteiger partial charge in [-0.05, 0) is 44.4 Å². The zero-order valence-corrected chi connectivity index (χ0v) is 21.0. The van der Waals surface area contributed by atoms with Crippen LogP contribution in [0.5, 0.6) is 11.5 Å². The molecule has 1 atom stereocenters. The molecule has 1 unspecified atom stereocenters. The van der Waals surface area contributed by atoms with E-state index in [1.165, 1.54) is 0 Å². The number of hydrogen-bond donors (Lipinski definition) is 1. The van der Waals surface area contributed by atoms with E-state index in [4.69, 9.17) is 19.3 Å². The van der Waals surface area contributed by atoms with Gasteiger partial charge < -0.3 is 19.5 Å². The smallest absolute Gasteiger partial charge is 0.338 e. The zero-order valence-electron chi connectivity index (χ0n) is 20.1. The molecule has 3 rings (SSSR count). The van der Waals surface area contributed by atoms with Crippen LogP contribution in [0.4, 0.5) is 5.95 Å². The molecule has 0 fully saturated rings. The molecule has 2 aromatic rings. The molecule has 1 aliphatic heterocycles. The van der Waals surface area contributed by atoms with Crippen molar-refractivity contribution < 1.29 is 19.0 Å². The molecule has 0 radical (unpaired) electrons. The van der Waals surface area contributed by atoms with E-state index in [-0.39, 0.29) is 12.6 Å². The molecular weight excluding hydrogens is 440 g/mol. The predicted octanol–water partition coefficient (Wildman–Crippen LogP) is 5.21. The van der Waals surface area contributed by atoms with Crippen LogP contribution in [0.3, 0.4) is 0 Å². The Morgan fingerprint density at radius 3 is 2.70 bits per heavy atom. The Balaban J connectivity index is 2.01. The van der Waals surface area contributed by atoms with Crippen molar-refractivity contribution >= 4 is 23.7 Å².